The van der Waals surface area contributed by atoms with Gasteiger partial charge in [0.05, 0.1) is 4.90 Å². The van der Waals surface area contributed by atoms with Gasteiger partial charge in [0.25, 0.3) is 5.91 Å². The van der Waals surface area contributed by atoms with Gasteiger partial charge in [0.15, 0.2) is 6.10 Å². The summed E-state index contributed by atoms with van der Waals surface area (Å²) in [5.41, 5.74) is 2.26. The Bertz CT molecular complexity index is 1280. The molecule has 0 spiro atoms. The molecule has 0 unspecified atom stereocenters. The molecule has 0 fully saturated rings. The van der Waals surface area contributed by atoms with Crippen LogP contribution in [-0.4, -0.2) is 20.4 Å². The smallest absolute Gasteiger partial charge is 0.336 e. The zero-order valence-electron chi connectivity index (χ0n) is 17.5. The number of fused-ring (bicyclic) bond motifs is 1. The predicted octanol–water partition coefficient (Wildman–Crippen LogP) is 2.39. The fourth-order valence-corrected chi connectivity index (χ4v) is 3.72. The number of amides is 1. The first-order chi connectivity index (χ1) is 14.6. The summed E-state index contributed by atoms with van der Waals surface area (Å²) >= 11 is 0. The Labute approximate surface area is 180 Å². The molecule has 9 heteroatoms. The number of nitrogens with one attached hydrogen (secondary N) is 1. The van der Waals surface area contributed by atoms with Crippen molar-refractivity contribution in [2.75, 3.05) is 0 Å². The van der Waals surface area contributed by atoms with E-state index in [0.29, 0.717) is 28.9 Å². The van der Waals surface area contributed by atoms with Crippen LogP contribution in [0.4, 0.5) is 0 Å². The second-order valence-electron chi connectivity index (χ2n) is 7.18. The summed E-state index contributed by atoms with van der Waals surface area (Å²) in [5.74, 6) is 0.0999. The van der Waals surface area contributed by atoms with Gasteiger partial charge >= 0.3 is 5.63 Å². The Hall–Kier alpha value is -3.17. The van der Waals surface area contributed by atoms with E-state index in [1.54, 1.807) is 32.0 Å². The maximum Gasteiger partial charge on any atom is 0.336 e. The molecule has 0 aliphatic heterocycles. The zero-order valence-corrected chi connectivity index (χ0v) is 18.3. The van der Waals surface area contributed by atoms with Gasteiger partial charge in [-0.2, -0.15) is 0 Å². The molecule has 1 aromatic heterocycles. The number of benzene rings is 2. The molecule has 0 radical (unpaired) electrons. The molecule has 0 bridgehead atoms. The Morgan fingerprint density at radius 3 is 2.48 bits per heavy atom. The van der Waals surface area contributed by atoms with Crippen LogP contribution in [0, 0.1) is 6.92 Å². The van der Waals surface area contributed by atoms with Crippen molar-refractivity contribution in [3.8, 4) is 5.75 Å². The quantitative estimate of drug-likeness (QED) is 0.539. The van der Waals surface area contributed by atoms with Gasteiger partial charge in [0.2, 0.25) is 10.0 Å². The molecule has 1 atom stereocenters. The van der Waals surface area contributed by atoms with Crippen molar-refractivity contribution >= 4 is 26.9 Å². The minimum absolute atomic E-state index is 0.00365. The first-order valence-corrected chi connectivity index (χ1v) is 11.3. The van der Waals surface area contributed by atoms with Gasteiger partial charge in [-0.05, 0) is 55.7 Å². The average Bonchev–Trinajstić information content (AvgIpc) is 2.73. The number of sulfonamides is 1. The van der Waals surface area contributed by atoms with Crippen LogP contribution >= 0.6 is 0 Å². The molecule has 8 nitrogen and oxygen atoms in total. The van der Waals surface area contributed by atoms with E-state index in [1.165, 1.54) is 18.2 Å². The van der Waals surface area contributed by atoms with Gasteiger partial charge < -0.3 is 14.5 Å². The number of rotatable bonds is 7. The first-order valence-electron chi connectivity index (χ1n) is 9.72. The first kappa shape index (κ1) is 22.5. The molecule has 0 aliphatic carbocycles. The molecule has 0 saturated heterocycles. The highest BCUT2D eigenvalue weighted by Gasteiger charge is 2.18. The normalized spacial score (nSPS) is 12.5. The maximum atomic E-state index is 12.5. The lowest BCUT2D eigenvalue weighted by Crippen LogP contribution is -2.36. The molecule has 164 valence electrons. The highest BCUT2D eigenvalue weighted by atomic mass is 32.2. The fraction of sp³-hybridized carbons (Fsp3) is 0.273. The third kappa shape index (κ3) is 5.12. The van der Waals surface area contributed by atoms with Crippen LogP contribution in [0.1, 0.15) is 30.5 Å². The SMILES string of the molecule is CCc1cc(=O)oc2c(C)c(O[C@H](C)C(=O)NCc3ccc(S(N)(=O)=O)cc3)ccc12. The molecule has 1 amide bonds. The highest BCUT2D eigenvalue weighted by molar-refractivity contribution is 7.89. The largest absolute Gasteiger partial charge is 0.480 e. The van der Waals surface area contributed by atoms with Crippen molar-refractivity contribution in [1.82, 2.24) is 5.32 Å². The van der Waals surface area contributed by atoms with Crippen LogP contribution < -0.4 is 20.8 Å². The molecule has 1 heterocycles. The van der Waals surface area contributed by atoms with Crippen molar-refractivity contribution < 1.29 is 22.4 Å². The highest BCUT2D eigenvalue weighted by Crippen LogP contribution is 2.29. The third-order valence-electron chi connectivity index (χ3n) is 4.97. The van der Waals surface area contributed by atoms with E-state index in [9.17, 15) is 18.0 Å². The minimum atomic E-state index is -3.76. The lowest BCUT2D eigenvalue weighted by atomic mass is 10.0. The van der Waals surface area contributed by atoms with Crippen molar-refractivity contribution in [2.45, 2.75) is 44.7 Å². The van der Waals surface area contributed by atoms with Gasteiger partial charge in [-0.15, -0.1) is 0 Å². The standard InChI is InChI=1S/C22H24N2O6S/c1-4-16-11-20(25)30-21-13(2)19(10-9-18(16)21)29-14(3)22(26)24-12-15-5-7-17(8-6-15)31(23,27)28/h5-11,14H,4,12H2,1-3H3,(H,24,26)(H2,23,27,28)/t14-/m1/s1. The number of nitrogens with two attached hydrogens (primary N) is 1. The molecule has 3 rings (SSSR count). The van der Waals surface area contributed by atoms with Gasteiger partial charge in [-0.1, -0.05) is 19.1 Å². The van der Waals surface area contributed by atoms with E-state index >= 15 is 0 Å². The summed E-state index contributed by atoms with van der Waals surface area (Å²) in [6.07, 6.45) is -0.112. The van der Waals surface area contributed by atoms with Crippen LogP contribution in [0.15, 0.2) is 56.6 Å². The average molecular weight is 445 g/mol. The topological polar surface area (TPSA) is 129 Å². The molecule has 3 N–H and O–H groups in total. The van der Waals surface area contributed by atoms with Gasteiger partial charge in [0.1, 0.15) is 11.3 Å². The van der Waals surface area contributed by atoms with E-state index in [2.05, 4.69) is 5.32 Å². The van der Waals surface area contributed by atoms with E-state index < -0.39 is 21.8 Å². The minimum Gasteiger partial charge on any atom is -0.480 e. The van der Waals surface area contributed by atoms with Crippen LogP contribution in [0.25, 0.3) is 11.0 Å². The van der Waals surface area contributed by atoms with E-state index in [1.807, 2.05) is 13.0 Å². The van der Waals surface area contributed by atoms with Crippen LogP contribution in [0.3, 0.4) is 0 Å². The van der Waals surface area contributed by atoms with E-state index in [-0.39, 0.29) is 17.3 Å². The number of hydrogen-bond acceptors (Lipinski definition) is 6. The molecule has 31 heavy (non-hydrogen) atoms. The van der Waals surface area contributed by atoms with Crippen molar-refractivity contribution in [3.63, 3.8) is 0 Å². The van der Waals surface area contributed by atoms with E-state index in [0.717, 1.165) is 10.9 Å². The van der Waals surface area contributed by atoms with Crippen LogP contribution in [-0.2, 0) is 27.8 Å². The molecule has 2 aromatic carbocycles. The summed E-state index contributed by atoms with van der Waals surface area (Å²) in [5, 5.41) is 8.66. The monoisotopic (exact) mass is 444 g/mol. The molecular weight excluding hydrogens is 420 g/mol. The molecule has 0 saturated carbocycles. The van der Waals surface area contributed by atoms with Crippen molar-refractivity contribution in [1.29, 1.82) is 0 Å². The Morgan fingerprint density at radius 2 is 1.87 bits per heavy atom. The molecular formula is C22H24N2O6S. The number of aryl methyl sites for hydroxylation is 2. The van der Waals surface area contributed by atoms with Crippen LogP contribution in [0.2, 0.25) is 0 Å². The molecule has 3 aromatic rings. The third-order valence-corrected chi connectivity index (χ3v) is 5.90. The van der Waals surface area contributed by atoms with Gasteiger partial charge in [0, 0.05) is 23.6 Å². The Morgan fingerprint density at radius 1 is 1.19 bits per heavy atom. The number of hydrogen-bond donors (Lipinski definition) is 2. The number of carbonyl (C=O) groups excluding carboxylic acids is 1. The maximum absolute atomic E-state index is 12.5. The summed E-state index contributed by atoms with van der Waals surface area (Å²) in [6, 6.07) is 11.0. The summed E-state index contributed by atoms with van der Waals surface area (Å²) < 4.78 is 33.8. The number of ether oxygens (including phenoxy) is 1. The van der Waals surface area contributed by atoms with Crippen LogP contribution in [0.5, 0.6) is 5.75 Å². The molecule has 0 aliphatic rings. The second-order valence-corrected chi connectivity index (χ2v) is 8.74. The second kappa shape index (κ2) is 8.91. The Balaban J connectivity index is 1.70. The lowest BCUT2D eigenvalue weighted by Gasteiger charge is -2.17. The van der Waals surface area contributed by atoms with Gasteiger partial charge in [-0.3, -0.25) is 4.79 Å². The number of carbonyl (C=O) groups is 1. The number of primary sulfonamides is 1. The summed E-state index contributed by atoms with van der Waals surface area (Å²) in [7, 11) is -3.76. The fourth-order valence-electron chi connectivity index (χ4n) is 3.20. The summed E-state index contributed by atoms with van der Waals surface area (Å²) in [6.45, 7) is 5.55. The van der Waals surface area contributed by atoms with Crippen molar-refractivity contribution in [3.05, 3.63) is 69.6 Å². The lowest BCUT2D eigenvalue weighted by molar-refractivity contribution is -0.127. The van der Waals surface area contributed by atoms with E-state index in [4.69, 9.17) is 14.3 Å². The zero-order chi connectivity index (χ0) is 22.8. The van der Waals surface area contributed by atoms with Crippen molar-refractivity contribution in [2.24, 2.45) is 5.14 Å². The summed E-state index contributed by atoms with van der Waals surface area (Å²) in [4.78, 5) is 24.3. The Kier molecular flexibility index (Phi) is 6.47. The predicted molar refractivity (Wildman–Crippen MR) is 116 cm³/mol. The van der Waals surface area contributed by atoms with Gasteiger partial charge in [-0.25, -0.2) is 18.4 Å².